The summed E-state index contributed by atoms with van der Waals surface area (Å²) in [5.41, 5.74) is 10.4. The van der Waals surface area contributed by atoms with Gasteiger partial charge in [-0.3, -0.25) is 4.90 Å². The minimum atomic E-state index is 0.372. The van der Waals surface area contributed by atoms with Crippen LogP contribution in [0, 0.1) is 0 Å². The molecule has 0 radical (unpaired) electrons. The van der Waals surface area contributed by atoms with Gasteiger partial charge in [-0.15, -0.1) is 0 Å². The van der Waals surface area contributed by atoms with E-state index >= 15 is 0 Å². The monoisotopic (exact) mass is 384 g/mol. The second kappa shape index (κ2) is 9.87. The molecule has 29 heavy (non-hydrogen) atoms. The van der Waals surface area contributed by atoms with Crippen LogP contribution in [0.2, 0.25) is 0 Å². The third kappa shape index (κ3) is 5.35. The van der Waals surface area contributed by atoms with E-state index in [1.807, 2.05) is 0 Å². The minimum Gasteiger partial charge on any atom is -0.328 e. The lowest BCUT2D eigenvalue weighted by Gasteiger charge is -2.38. The Labute approximate surface area is 175 Å². The van der Waals surface area contributed by atoms with Crippen LogP contribution in [0.5, 0.6) is 0 Å². The third-order valence-corrected chi connectivity index (χ3v) is 6.31. The number of benzene rings is 3. The Balaban J connectivity index is 1.62. The molecule has 0 heterocycles. The maximum Gasteiger partial charge on any atom is 0.0237 e. The average molecular weight is 385 g/mol. The number of hydrogen-bond donors (Lipinski definition) is 1. The van der Waals surface area contributed by atoms with Gasteiger partial charge in [-0.05, 0) is 42.4 Å². The van der Waals surface area contributed by atoms with Crippen LogP contribution in [0.3, 0.4) is 0 Å². The number of rotatable bonds is 7. The van der Waals surface area contributed by atoms with Gasteiger partial charge in [-0.25, -0.2) is 0 Å². The molecule has 2 N–H and O–H groups in total. The molecule has 2 heteroatoms. The average Bonchev–Trinajstić information content (AvgIpc) is 2.79. The van der Waals surface area contributed by atoms with Gasteiger partial charge in [-0.2, -0.15) is 0 Å². The van der Waals surface area contributed by atoms with Crippen molar-refractivity contribution in [1.82, 2.24) is 4.90 Å². The van der Waals surface area contributed by atoms with Gasteiger partial charge >= 0.3 is 0 Å². The smallest absolute Gasteiger partial charge is 0.0237 e. The van der Waals surface area contributed by atoms with E-state index in [1.54, 1.807) is 0 Å². The zero-order valence-electron chi connectivity index (χ0n) is 17.2. The summed E-state index contributed by atoms with van der Waals surface area (Å²) < 4.78 is 0. The third-order valence-electron chi connectivity index (χ3n) is 6.31. The maximum atomic E-state index is 6.21. The van der Waals surface area contributed by atoms with Gasteiger partial charge in [0.05, 0.1) is 0 Å². The van der Waals surface area contributed by atoms with Crippen molar-refractivity contribution in [3.05, 3.63) is 108 Å². The highest BCUT2D eigenvalue weighted by Crippen LogP contribution is 2.30. The van der Waals surface area contributed by atoms with E-state index < -0.39 is 0 Å². The summed E-state index contributed by atoms with van der Waals surface area (Å²) in [6.07, 6.45) is 4.67. The van der Waals surface area contributed by atoms with Crippen molar-refractivity contribution in [2.45, 2.75) is 50.2 Å². The lowest BCUT2D eigenvalue weighted by atomic mass is 9.87. The van der Waals surface area contributed by atoms with E-state index in [1.165, 1.54) is 29.5 Å². The van der Waals surface area contributed by atoms with Crippen LogP contribution in [0.1, 0.15) is 48.3 Å². The van der Waals surface area contributed by atoms with Gasteiger partial charge in [0.15, 0.2) is 0 Å². The van der Waals surface area contributed by atoms with Gasteiger partial charge < -0.3 is 5.73 Å². The van der Waals surface area contributed by atoms with Crippen LogP contribution < -0.4 is 5.73 Å². The van der Waals surface area contributed by atoms with Crippen molar-refractivity contribution in [2.75, 3.05) is 6.54 Å². The molecule has 1 fully saturated rings. The van der Waals surface area contributed by atoms with Gasteiger partial charge in [0, 0.05) is 31.1 Å². The second-order valence-electron chi connectivity index (χ2n) is 8.36. The molecule has 1 aliphatic rings. The molecule has 0 saturated heterocycles. The molecule has 0 amide bonds. The summed E-state index contributed by atoms with van der Waals surface area (Å²) in [4.78, 5) is 2.71. The van der Waals surface area contributed by atoms with Crippen LogP contribution >= 0.6 is 0 Å². The first-order valence-corrected chi connectivity index (χ1v) is 10.9. The van der Waals surface area contributed by atoms with E-state index in [-0.39, 0.29) is 0 Å². The summed E-state index contributed by atoms with van der Waals surface area (Å²) in [5, 5.41) is 0. The van der Waals surface area contributed by atoms with E-state index in [0.717, 1.165) is 25.9 Å². The van der Waals surface area contributed by atoms with Gasteiger partial charge in [0.2, 0.25) is 0 Å². The molecule has 4 rings (SSSR count). The molecule has 2 nitrogen and oxygen atoms in total. The summed E-state index contributed by atoms with van der Waals surface area (Å²) in [7, 11) is 0. The predicted molar refractivity (Wildman–Crippen MR) is 122 cm³/mol. The Hall–Kier alpha value is -2.42. The second-order valence-corrected chi connectivity index (χ2v) is 8.36. The highest BCUT2D eigenvalue weighted by Gasteiger charge is 2.27. The minimum absolute atomic E-state index is 0.372. The maximum absolute atomic E-state index is 6.21. The molecule has 3 aromatic rings. The highest BCUT2D eigenvalue weighted by atomic mass is 15.2. The van der Waals surface area contributed by atoms with E-state index in [0.29, 0.717) is 18.0 Å². The van der Waals surface area contributed by atoms with E-state index in [9.17, 15) is 0 Å². The van der Waals surface area contributed by atoms with Crippen molar-refractivity contribution >= 4 is 0 Å². The molecule has 0 unspecified atom stereocenters. The predicted octanol–water partition coefficient (Wildman–Crippen LogP) is 5.59. The first-order chi connectivity index (χ1) is 14.3. The SMILES string of the molecule is NC1CCC(N(Cc2ccccc2)CC(c2ccccc2)c2ccccc2)CC1. The summed E-state index contributed by atoms with van der Waals surface area (Å²) in [5.74, 6) is 0.372. The molecular formula is C27H32N2. The van der Waals surface area contributed by atoms with Crippen LogP contribution in [0.25, 0.3) is 0 Å². The fourth-order valence-corrected chi connectivity index (χ4v) is 4.64. The van der Waals surface area contributed by atoms with Crippen molar-refractivity contribution < 1.29 is 0 Å². The Morgan fingerprint density at radius 3 is 1.69 bits per heavy atom. The van der Waals surface area contributed by atoms with Crippen molar-refractivity contribution in [3.63, 3.8) is 0 Å². The zero-order chi connectivity index (χ0) is 19.9. The Bertz CT molecular complexity index is 800. The standard InChI is InChI=1S/C27H32N2/c28-25-16-18-26(19-17-25)29(20-22-10-4-1-5-11-22)21-27(23-12-6-2-7-13-23)24-14-8-3-9-15-24/h1-15,25-27H,16-21,28H2. The number of nitrogens with two attached hydrogens (primary N) is 1. The highest BCUT2D eigenvalue weighted by molar-refractivity contribution is 5.33. The molecule has 1 saturated carbocycles. The van der Waals surface area contributed by atoms with Crippen LogP contribution in [0.4, 0.5) is 0 Å². The molecule has 0 aromatic heterocycles. The topological polar surface area (TPSA) is 29.3 Å². The molecule has 0 spiro atoms. The summed E-state index contributed by atoms with van der Waals surface area (Å²) >= 11 is 0. The largest absolute Gasteiger partial charge is 0.328 e. The van der Waals surface area contributed by atoms with Crippen LogP contribution in [0.15, 0.2) is 91.0 Å². The van der Waals surface area contributed by atoms with Crippen molar-refractivity contribution in [1.29, 1.82) is 0 Å². The molecule has 3 aromatic carbocycles. The fourth-order valence-electron chi connectivity index (χ4n) is 4.64. The van der Waals surface area contributed by atoms with Gasteiger partial charge in [-0.1, -0.05) is 91.0 Å². The molecular weight excluding hydrogens is 352 g/mol. The first-order valence-electron chi connectivity index (χ1n) is 10.9. The number of hydrogen-bond acceptors (Lipinski definition) is 2. The molecule has 0 aliphatic heterocycles. The first kappa shape index (κ1) is 19.9. The van der Waals surface area contributed by atoms with Crippen LogP contribution in [-0.2, 0) is 6.54 Å². The Morgan fingerprint density at radius 1 is 0.690 bits per heavy atom. The fraction of sp³-hybridized carbons (Fsp3) is 0.333. The zero-order valence-corrected chi connectivity index (χ0v) is 17.2. The quantitative estimate of drug-likeness (QED) is 0.575. The van der Waals surface area contributed by atoms with E-state index in [2.05, 4.69) is 95.9 Å². The van der Waals surface area contributed by atoms with Crippen LogP contribution in [-0.4, -0.2) is 23.5 Å². The Morgan fingerprint density at radius 2 is 1.17 bits per heavy atom. The number of nitrogens with zero attached hydrogens (tertiary/aromatic N) is 1. The normalized spacial score (nSPS) is 19.6. The molecule has 0 bridgehead atoms. The molecule has 0 atom stereocenters. The lowest BCUT2D eigenvalue weighted by Crippen LogP contribution is -2.42. The van der Waals surface area contributed by atoms with Gasteiger partial charge in [0.25, 0.3) is 0 Å². The lowest BCUT2D eigenvalue weighted by molar-refractivity contribution is 0.137. The Kier molecular flexibility index (Phi) is 6.76. The van der Waals surface area contributed by atoms with Crippen molar-refractivity contribution in [3.8, 4) is 0 Å². The van der Waals surface area contributed by atoms with Gasteiger partial charge in [0.1, 0.15) is 0 Å². The molecule has 1 aliphatic carbocycles. The molecule has 150 valence electrons. The summed E-state index contributed by atoms with van der Waals surface area (Å²) in [6.45, 7) is 2.03. The van der Waals surface area contributed by atoms with E-state index in [4.69, 9.17) is 5.73 Å². The van der Waals surface area contributed by atoms with Crippen molar-refractivity contribution in [2.24, 2.45) is 5.73 Å². The summed E-state index contributed by atoms with van der Waals surface area (Å²) in [6, 6.07) is 33.8.